The monoisotopic (exact) mass is 605 g/mol. The molecule has 0 saturated heterocycles. The maximum absolute atomic E-state index is 4.96. The second kappa shape index (κ2) is 11.6. The van der Waals surface area contributed by atoms with Crippen molar-refractivity contribution >= 4 is 0 Å². The third-order valence-corrected chi connectivity index (χ3v) is 9.92. The van der Waals surface area contributed by atoms with Crippen LogP contribution in [0.15, 0.2) is 127 Å². The summed E-state index contributed by atoms with van der Waals surface area (Å²) in [5.41, 5.74) is 21.2. The van der Waals surface area contributed by atoms with Crippen molar-refractivity contribution in [2.45, 2.75) is 34.1 Å². The molecule has 0 fully saturated rings. The predicted octanol–water partition coefficient (Wildman–Crippen LogP) is 11.0. The van der Waals surface area contributed by atoms with Crippen LogP contribution < -0.4 is 0 Å². The highest BCUT2D eigenvalue weighted by Crippen LogP contribution is 2.52. The van der Waals surface area contributed by atoms with Gasteiger partial charge in [0.1, 0.15) is 11.4 Å². The van der Waals surface area contributed by atoms with Crippen molar-refractivity contribution < 1.29 is 0 Å². The van der Waals surface area contributed by atoms with E-state index < -0.39 is 0 Å². The first-order chi connectivity index (χ1) is 23.0. The molecule has 8 rings (SSSR count). The Labute approximate surface area is 276 Å². The van der Waals surface area contributed by atoms with E-state index >= 15 is 0 Å². The molecule has 0 aliphatic heterocycles. The standard InChI is InChI=1S/C44H35N3/c1-27-24-36(31-16-8-5-9-17-31)42(39-29(3)28(2)25-37-35-23-15-14-22-34(35)26-38(37)39)40(30(27)4)44-41(32-18-10-6-11-19-32)43(45-47-46-44)33-20-12-7-13-21-33/h5-25H,26H2,1-4H3. The van der Waals surface area contributed by atoms with Crippen molar-refractivity contribution in [1.29, 1.82) is 0 Å². The Morgan fingerprint density at radius 1 is 0.426 bits per heavy atom. The van der Waals surface area contributed by atoms with E-state index in [-0.39, 0.29) is 0 Å². The Morgan fingerprint density at radius 2 is 0.957 bits per heavy atom. The van der Waals surface area contributed by atoms with Crippen LogP contribution in [0.25, 0.3) is 67.0 Å². The largest absolute Gasteiger partial charge is 0.129 e. The van der Waals surface area contributed by atoms with Crippen molar-refractivity contribution in [2.75, 3.05) is 0 Å². The summed E-state index contributed by atoms with van der Waals surface area (Å²) in [7, 11) is 0. The highest BCUT2D eigenvalue weighted by Gasteiger charge is 2.30. The van der Waals surface area contributed by atoms with Gasteiger partial charge in [0.15, 0.2) is 0 Å². The molecule has 0 saturated carbocycles. The summed E-state index contributed by atoms with van der Waals surface area (Å²) in [6, 6.07) is 45.3. The van der Waals surface area contributed by atoms with Crippen molar-refractivity contribution in [2.24, 2.45) is 0 Å². The molecule has 47 heavy (non-hydrogen) atoms. The van der Waals surface area contributed by atoms with Crippen LogP contribution in [0.2, 0.25) is 0 Å². The van der Waals surface area contributed by atoms with Gasteiger partial charge in [-0.3, -0.25) is 0 Å². The number of fused-ring (bicyclic) bond motifs is 3. The van der Waals surface area contributed by atoms with Gasteiger partial charge in [-0.15, -0.1) is 10.2 Å². The summed E-state index contributed by atoms with van der Waals surface area (Å²) < 4.78 is 0. The van der Waals surface area contributed by atoms with Crippen LogP contribution in [0.3, 0.4) is 0 Å². The molecule has 3 nitrogen and oxygen atoms in total. The van der Waals surface area contributed by atoms with Gasteiger partial charge in [-0.25, -0.2) is 0 Å². The van der Waals surface area contributed by atoms with E-state index in [1.165, 1.54) is 66.8 Å². The number of hydrogen-bond donors (Lipinski definition) is 0. The van der Waals surface area contributed by atoms with Gasteiger partial charge in [0.2, 0.25) is 0 Å². The normalized spacial score (nSPS) is 11.7. The number of rotatable bonds is 5. The number of aromatic nitrogens is 3. The summed E-state index contributed by atoms with van der Waals surface area (Å²) in [6.45, 7) is 8.99. The first-order valence-corrected chi connectivity index (χ1v) is 16.3. The number of hydrogen-bond acceptors (Lipinski definition) is 3. The highest BCUT2D eigenvalue weighted by atomic mass is 15.3. The van der Waals surface area contributed by atoms with Crippen molar-refractivity contribution in [3.63, 3.8) is 0 Å². The number of aryl methyl sites for hydroxylation is 2. The van der Waals surface area contributed by atoms with E-state index in [0.717, 1.165) is 40.1 Å². The molecule has 1 aliphatic rings. The molecule has 0 unspecified atom stereocenters. The van der Waals surface area contributed by atoms with Gasteiger partial charge in [-0.2, -0.15) is 0 Å². The molecule has 0 spiro atoms. The Bertz CT molecular complexity index is 2290. The van der Waals surface area contributed by atoms with Crippen LogP contribution in [0, 0.1) is 27.7 Å². The Morgan fingerprint density at radius 3 is 1.64 bits per heavy atom. The van der Waals surface area contributed by atoms with Gasteiger partial charge in [0.05, 0.1) is 0 Å². The minimum atomic E-state index is 0.827. The molecule has 1 aliphatic carbocycles. The first kappa shape index (κ1) is 28.8. The van der Waals surface area contributed by atoms with Gasteiger partial charge >= 0.3 is 0 Å². The average molecular weight is 606 g/mol. The van der Waals surface area contributed by atoms with Crippen LogP contribution in [0.5, 0.6) is 0 Å². The molecule has 0 bridgehead atoms. The third-order valence-electron chi connectivity index (χ3n) is 9.92. The van der Waals surface area contributed by atoms with E-state index in [9.17, 15) is 0 Å². The van der Waals surface area contributed by atoms with Crippen LogP contribution in [-0.4, -0.2) is 15.4 Å². The van der Waals surface area contributed by atoms with Gasteiger partial charge in [0, 0.05) is 16.7 Å². The van der Waals surface area contributed by atoms with Crippen molar-refractivity contribution in [3.8, 4) is 67.0 Å². The summed E-state index contributed by atoms with van der Waals surface area (Å²) in [6.07, 6.45) is 0.894. The predicted molar refractivity (Wildman–Crippen MR) is 194 cm³/mol. The number of nitrogens with zero attached hydrogens (tertiary/aromatic N) is 3. The van der Waals surface area contributed by atoms with Crippen LogP contribution in [0.1, 0.15) is 33.4 Å². The van der Waals surface area contributed by atoms with Crippen molar-refractivity contribution in [3.05, 3.63) is 161 Å². The lowest BCUT2D eigenvalue weighted by Gasteiger charge is -2.25. The number of benzene rings is 6. The van der Waals surface area contributed by atoms with Crippen molar-refractivity contribution in [1.82, 2.24) is 15.4 Å². The topological polar surface area (TPSA) is 38.7 Å². The molecule has 0 amide bonds. The lowest BCUT2D eigenvalue weighted by atomic mass is 9.78. The Balaban J connectivity index is 1.55. The van der Waals surface area contributed by atoms with Crippen LogP contribution in [0.4, 0.5) is 0 Å². The molecule has 7 aromatic rings. The molecule has 0 radical (unpaired) electrons. The van der Waals surface area contributed by atoms with Crippen LogP contribution in [-0.2, 0) is 6.42 Å². The molecule has 3 heteroatoms. The summed E-state index contributed by atoms with van der Waals surface area (Å²) in [5.74, 6) is 0. The zero-order valence-electron chi connectivity index (χ0n) is 27.2. The summed E-state index contributed by atoms with van der Waals surface area (Å²) >= 11 is 0. The fourth-order valence-electron chi connectivity index (χ4n) is 7.35. The van der Waals surface area contributed by atoms with Gasteiger partial charge in [-0.1, -0.05) is 127 Å². The van der Waals surface area contributed by atoms with E-state index in [1.54, 1.807) is 0 Å². The lowest BCUT2D eigenvalue weighted by molar-refractivity contribution is 0.878. The van der Waals surface area contributed by atoms with E-state index in [1.807, 2.05) is 6.07 Å². The summed E-state index contributed by atoms with van der Waals surface area (Å²) in [5, 5.41) is 14.1. The highest BCUT2D eigenvalue weighted by molar-refractivity contribution is 6.04. The SMILES string of the molecule is Cc1cc2c(c(-c3c(-c4ccccc4)cc(C)c(C)c3-c3nnnc(-c4ccccc4)c3-c3ccccc3)c1C)Cc1ccccc1-2. The Hall–Kier alpha value is -5.67. The smallest absolute Gasteiger partial charge is 0.106 e. The second-order valence-corrected chi connectivity index (χ2v) is 12.6. The fraction of sp³-hybridized carbons (Fsp3) is 0.114. The first-order valence-electron chi connectivity index (χ1n) is 16.3. The van der Waals surface area contributed by atoms with E-state index in [4.69, 9.17) is 10.2 Å². The zero-order valence-corrected chi connectivity index (χ0v) is 27.2. The third kappa shape index (κ3) is 4.78. The molecule has 6 aromatic carbocycles. The quantitative estimate of drug-likeness (QED) is 0.196. The fourth-order valence-corrected chi connectivity index (χ4v) is 7.35. The molecular formula is C44H35N3. The average Bonchev–Trinajstić information content (AvgIpc) is 3.48. The zero-order chi connectivity index (χ0) is 32.1. The van der Waals surface area contributed by atoms with Crippen LogP contribution >= 0.6 is 0 Å². The Kier molecular flexibility index (Phi) is 7.10. The van der Waals surface area contributed by atoms with E-state index in [0.29, 0.717) is 0 Å². The van der Waals surface area contributed by atoms with Gasteiger partial charge in [0.25, 0.3) is 0 Å². The van der Waals surface area contributed by atoms with Gasteiger partial charge in [-0.05, 0) is 112 Å². The molecule has 0 atom stereocenters. The molecule has 0 N–H and O–H groups in total. The maximum Gasteiger partial charge on any atom is 0.106 e. The molecule has 1 aromatic heterocycles. The molecule has 226 valence electrons. The molecular weight excluding hydrogens is 571 g/mol. The maximum atomic E-state index is 4.96. The van der Waals surface area contributed by atoms with Gasteiger partial charge < -0.3 is 0 Å². The minimum Gasteiger partial charge on any atom is -0.129 e. The molecule has 1 heterocycles. The van der Waals surface area contributed by atoms with E-state index in [2.05, 4.69) is 154 Å². The second-order valence-electron chi connectivity index (χ2n) is 12.6. The lowest BCUT2D eigenvalue weighted by Crippen LogP contribution is -2.06. The summed E-state index contributed by atoms with van der Waals surface area (Å²) in [4.78, 5) is 0. The minimum absolute atomic E-state index is 0.827.